The highest BCUT2D eigenvalue weighted by Crippen LogP contribution is 2.33. The second-order valence-electron chi connectivity index (χ2n) is 8.99. The molecule has 0 bridgehead atoms. The third-order valence-corrected chi connectivity index (χ3v) is 5.87. The molecule has 0 saturated heterocycles. The average Bonchev–Trinajstić information content (AvgIpc) is 3.23. The molecule has 0 unspecified atom stereocenters. The Balaban J connectivity index is 1.89. The van der Waals surface area contributed by atoms with E-state index in [9.17, 15) is 9.59 Å². The first-order chi connectivity index (χ1) is 14.2. The van der Waals surface area contributed by atoms with E-state index >= 15 is 0 Å². The van der Waals surface area contributed by atoms with Gasteiger partial charge in [-0.1, -0.05) is 11.3 Å². The number of amides is 1. The molecule has 0 aliphatic rings. The lowest BCUT2D eigenvalue weighted by Gasteiger charge is -2.22. The molecule has 0 aliphatic heterocycles. The van der Waals surface area contributed by atoms with Gasteiger partial charge in [0.1, 0.15) is 16.2 Å². The molecule has 3 rings (SSSR count). The minimum absolute atomic E-state index is 0.426. The van der Waals surface area contributed by atoms with E-state index < -0.39 is 23.4 Å². The number of halogens is 1. The van der Waals surface area contributed by atoms with Crippen LogP contribution in [0.15, 0.2) is 24.4 Å². The fourth-order valence-corrected chi connectivity index (χ4v) is 4.16. The Bertz CT molecular complexity index is 1140. The summed E-state index contributed by atoms with van der Waals surface area (Å²) in [6.07, 6.45) is 0.838. The summed E-state index contributed by atoms with van der Waals surface area (Å²) < 4.78 is 13.3. The van der Waals surface area contributed by atoms with Gasteiger partial charge in [0.05, 0.1) is 5.52 Å². The summed E-state index contributed by atoms with van der Waals surface area (Å²) in [5.41, 5.74) is 0.413. The molecular formula is C21H25IN4O4S. The van der Waals surface area contributed by atoms with E-state index in [1.54, 1.807) is 13.2 Å². The second kappa shape index (κ2) is 8.38. The molecule has 8 nitrogen and oxygen atoms in total. The van der Waals surface area contributed by atoms with Gasteiger partial charge in [-0.25, -0.2) is 9.59 Å². The molecule has 3 aromatic rings. The van der Waals surface area contributed by atoms with E-state index in [-0.39, 0.29) is 0 Å². The Labute approximate surface area is 198 Å². The molecular weight excluding hydrogens is 531 g/mol. The van der Waals surface area contributed by atoms with Crippen molar-refractivity contribution in [2.75, 3.05) is 11.9 Å². The van der Waals surface area contributed by atoms with Crippen molar-refractivity contribution in [1.82, 2.24) is 14.8 Å². The van der Waals surface area contributed by atoms with E-state index in [0.717, 1.165) is 20.0 Å². The van der Waals surface area contributed by atoms with Crippen LogP contribution < -0.4 is 4.90 Å². The van der Waals surface area contributed by atoms with Crippen molar-refractivity contribution in [3.63, 3.8) is 0 Å². The van der Waals surface area contributed by atoms with Crippen molar-refractivity contribution in [3.8, 4) is 10.6 Å². The SMILES string of the molecule is CN(C(=O)OC(C)(C)C)c1nnc(-c2ccc3c(c2)c(I)cn3C(=O)OC(C)(C)C)s1. The summed E-state index contributed by atoms with van der Waals surface area (Å²) in [7, 11) is 1.60. The smallest absolute Gasteiger partial charge is 0.419 e. The van der Waals surface area contributed by atoms with Crippen LogP contribution in [0.2, 0.25) is 0 Å². The first-order valence-electron chi connectivity index (χ1n) is 9.60. The predicted octanol–water partition coefficient (Wildman–Crippen LogP) is 5.92. The first-order valence-corrected chi connectivity index (χ1v) is 11.5. The van der Waals surface area contributed by atoms with Crippen LogP contribution in [0, 0.1) is 3.57 Å². The lowest BCUT2D eigenvalue weighted by molar-refractivity contribution is 0.0541. The molecule has 1 aromatic carbocycles. The van der Waals surface area contributed by atoms with E-state index in [4.69, 9.17) is 9.47 Å². The van der Waals surface area contributed by atoms with Crippen LogP contribution in [0.1, 0.15) is 41.5 Å². The van der Waals surface area contributed by atoms with E-state index in [0.29, 0.717) is 10.1 Å². The molecule has 10 heteroatoms. The van der Waals surface area contributed by atoms with Gasteiger partial charge in [-0.15, -0.1) is 10.2 Å². The lowest BCUT2D eigenvalue weighted by Crippen LogP contribution is -2.34. The van der Waals surface area contributed by atoms with Crippen molar-refractivity contribution in [3.05, 3.63) is 28.0 Å². The van der Waals surface area contributed by atoms with Crippen molar-refractivity contribution >= 4 is 62.1 Å². The summed E-state index contributed by atoms with van der Waals surface area (Å²) >= 11 is 3.48. The summed E-state index contributed by atoms with van der Waals surface area (Å²) in [5, 5.41) is 10.4. The molecule has 31 heavy (non-hydrogen) atoms. The zero-order valence-corrected chi connectivity index (χ0v) is 21.5. The Kier molecular flexibility index (Phi) is 6.34. The third kappa shape index (κ3) is 5.53. The van der Waals surface area contributed by atoms with Gasteiger partial charge < -0.3 is 9.47 Å². The average molecular weight is 556 g/mol. The van der Waals surface area contributed by atoms with Gasteiger partial charge >= 0.3 is 12.2 Å². The largest absolute Gasteiger partial charge is 0.443 e. The highest BCUT2D eigenvalue weighted by molar-refractivity contribution is 14.1. The summed E-state index contributed by atoms with van der Waals surface area (Å²) in [6.45, 7) is 10.9. The molecule has 166 valence electrons. The number of anilines is 1. The van der Waals surface area contributed by atoms with Crippen molar-refractivity contribution < 1.29 is 19.1 Å². The van der Waals surface area contributed by atoms with Gasteiger partial charge in [0.25, 0.3) is 0 Å². The Morgan fingerprint density at radius 2 is 1.71 bits per heavy atom. The number of carbonyl (C=O) groups excluding carboxylic acids is 2. The van der Waals surface area contributed by atoms with Crippen molar-refractivity contribution in [2.45, 2.75) is 52.7 Å². The number of ether oxygens (including phenoxy) is 2. The van der Waals surface area contributed by atoms with Gasteiger partial charge in [0.15, 0.2) is 0 Å². The molecule has 0 fully saturated rings. The minimum Gasteiger partial charge on any atom is -0.443 e. The van der Waals surface area contributed by atoms with Gasteiger partial charge in [-0.3, -0.25) is 9.47 Å². The van der Waals surface area contributed by atoms with Crippen LogP contribution in [0.5, 0.6) is 0 Å². The zero-order chi connectivity index (χ0) is 23.1. The van der Waals surface area contributed by atoms with E-state index in [2.05, 4.69) is 32.8 Å². The number of aromatic nitrogens is 3. The number of rotatable bonds is 2. The first kappa shape index (κ1) is 23.5. The van der Waals surface area contributed by atoms with Crippen LogP contribution in [0.25, 0.3) is 21.5 Å². The molecule has 0 spiro atoms. The fraction of sp³-hybridized carbons (Fsp3) is 0.429. The highest BCUT2D eigenvalue weighted by atomic mass is 127. The number of fused-ring (bicyclic) bond motifs is 1. The van der Waals surface area contributed by atoms with Crippen molar-refractivity contribution in [2.24, 2.45) is 0 Å². The van der Waals surface area contributed by atoms with Crippen LogP contribution in [0.4, 0.5) is 14.7 Å². The minimum atomic E-state index is -0.595. The number of nitrogens with zero attached hydrogens (tertiary/aromatic N) is 4. The Hall–Kier alpha value is -2.21. The number of hydrogen-bond acceptors (Lipinski definition) is 7. The topological polar surface area (TPSA) is 86.6 Å². The molecule has 0 saturated carbocycles. The lowest BCUT2D eigenvalue weighted by atomic mass is 10.1. The Morgan fingerprint density at radius 1 is 1.06 bits per heavy atom. The maximum Gasteiger partial charge on any atom is 0.419 e. The second-order valence-corrected chi connectivity index (χ2v) is 11.1. The van der Waals surface area contributed by atoms with Gasteiger partial charge in [-0.05, 0) is 82.3 Å². The standard InChI is InChI=1S/C21H25IN4O4S/c1-20(2,3)29-18(27)25(7)17-24-23-16(31-17)12-8-9-15-13(10-12)14(22)11-26(15)19(28)30-21(4,5)6/h8-11H,1-7H3. The number of carbonyl (C=O) groups is 2. The summed E-state index contributed by atoms with van der Waals surface area (Å²) in [6, 6.07) is 5.68. The molecule has 0 N–H and O–H groups in total. The third-order valence-electron chi connectivity index (χ3n) is 3.96. The molecule has 0 radical (unpaired) electrons. The molecule has 0 atom stereocenters. The Morgan fingerprint density at radius 3 is 2.32 bits per heavy atom. The van der Waals surface area contributed by atoms with Gasteiger partial charge in [-0.2, -0.15) is 0 Å². The highest BCUT2D eigenvalue weighted by Gasteiger charge is 2.24. The van der Waals surface area contributed by atoms with Crippen molar-refractivity contribution in [1.29, 1.82) is 0 Å². The molecule has 0 aliphatic carbocycles. The summed E-state index contributed by atoms with van der Waals surface area (Å²) in [5.74, 6) is 0. The number of hydrogen-bond donors (Lipinski definition) is 0. The molecule has 1 amide bonds. The molecule has 2 aromatic heterocycles. The van der Waals surface area contributed by atoms with Crippen LogP contribution in [-0.4, -0.2) is 45.2 Å². The van der Waals surface area contributed by atoms with Gasteiger partial charge in [0.2, 0.25) is 5.13 Å². The fourth-order valence-electron chi connectivity index (χ4n) is 2.66. The number of benzene rings is 1. The van der Waals surface area contributed by atoms with Gasteiger partial charge in [0, 0.05) is 27.8 Å². The molecule has 2 heterocycles. The van der Waals surface area contributed by atoms with Crippen LogP contribution >= 0.6 is 33.9 Å². The van der Waals surface area contributed by atoms with E-state index in [1.807, 2.05) is 59.7 Å². The predicted molar refractivity (Wildman–Crippen MR) is 130 cm³/mol. The normalized spacial score (nSPS) is 12.1. The summed E-state index contributed by atoms with van der Waals surface area (Å²) in [4.78, 5) is 26.2. The maximum absolute atomic E-state index is 12.6. The maximum atomic E-state index is 12.6. The monoisotopic (exact) mass is 556 g/mol. The van der Waals surface area contributed by atoms with E-state index in [1.165, 1.54) is 20.8 Å². The van der Waals surface area contributed by atoms with Crippen LogP contribution in [0.3, 0.4) is 0 Å². The quantitative estimate of drug-likeness (QED) is 0.365. The zero-order valence-electron chi connectivity index (χ0n) is 18.5. The van der Waals surface area contributed by atoms with Crippen LogP contribution in [-0.2, 0) is 9.47 Å².